The molecule has 6 aromatic rings. The lowest BCUT2D eigenvalue weighted by atomic mass is 10.1. The van der Waals surface area contributed by atoms with Crippen LogP contribution in [-0.4, -0.2) is 101 Å². The number of hydrogen-bond acceptors (Lipinski definition) is 10. The summed E-state index contributed by atoms with van der Waals surface area (Å²) in [5, 5.41) is 9.72. The van der Waals surface area contributed by atoms with Crippen LogP contribution < -0.4 is 20.4 Å². The molecule has 0 aliphatic carbocycles. The average Bonchev–Trinajstić information content (AvgIpc) is 4.01. The fourth-order valence-corrected chi connectivity index (χ4v) is 10.2. The highest BCUT2D eigenvalue weighted by Crippen LogP contribution is 2.34. The van der Waals surface area contributed by atoms with Crippen molar-refractivity contribution in [1.29, 1.82) is 0 Å². The van der Waals surface area contributed by atoms with Crippen LogP contribution in [0.2, 0.25) is 10.0 Å². The van der Waals surface area contributed by atoms with E-state index in [1.165, 1.54) is 20.2 Å². The molecule has 2 amide bonds. The van der Waals surface area contributed by atoms with Gasteiger partial charge in [0.25, 0.3) is 0 Å². The smallest absolute Gasteiger partial charge is 0.228 e. The molecule has 0 radical (unpaired) electrons. The van der Waals surface area contributed by atoms with Crippen LogP contribution in [0.3, 0.4) is 0 Å². The Morgan fingerprint density at radius 3 is 1.37 bits per heavy atom. The quantitative estimate of drug-likeness (QED) is 0.157. The number of nitrogens with one attached hydrogen (secondary N) is 2. The van der Waals surface area contributed by atoms with E-state index in [2.05, 4.69) is 99.6 Å². The molecule has 2 saturated heterocycles. The Hall–Kier alpha value is -3.38. The maximum Gasteiger partial charge on any atom is 0.228 e. The Labute approximate surface area is 382 Å². The minimum Gasteiger partial charge on any atom is -0.412 e. The first-order valence-corrected chi connectivity index (χ1v) is 21.5. The van der Waals surface area contributed by atoms with E-state index in [0.717, 1.165) is 134 Å². The summed E-state index contributed by atoms with van der Waals surface area (Å²) in [7, 11) is 0. The van der Waals surface area contributed by atoms with Crippen LogP contribution >= 0.6 is 80.2 Å². The van der Waals surface area contributed by atoms with E-state index < -0.39 is 0 Å². The van der Waals surface area contributed by atoms with Crippen molar-refractivity contribution in [3.8, 4) is 0 Å². The molecule has 11 nitrogen and oxygen atoms in total. The summed E-state index contributed by atoms with van der Waals surface area (Å²) in [6.07, 6.45) is 2.72. The monoisotopic (exact) mass is 1000 g/mol. The molecule has 4 aliphatic rings. The van der Waals surface area contributed by atoms with E-state index in [0.29, 0.717) is 12.8 Å². The molecule has 4 N–H and O–H groups in total. The lowest BCUT2D eigenvalue weighted by Crippen LogP contribution is -2.47. The van der Waals surface area contributed by atoms with Gasteiger partial charge in [-0.05, 0) is 94.6 Å². The zero-order valence-corrected chi connectivity index (χ0v) is 38.8. The Morgan fingerprint density at radius 1 is 0.576 bits per heavy atom. The van der Waals surface area contributed by atoms with Crippen molar-refractivity contribution in [3.63, 3.8) is 0 Å². The molecule has 17 heteroatoms. The minimum atomic E-state index is 0. The van der Waals surface area contributed by atoms with E-state index in [-0.39, 0.29) is 51.3 Å². The van der Waals surface area contributed by atoms with Gasteiger partial charge in [-0.15, -0.1) is 34.0 Å². The van der Waals surface area contributed by atoms with Gasteiger partial charge < -0.3 is 25.9 Å². The van der Waals surface area contributed by atoms with Crippen molar-refractivity contribution in [2.24, 2.45) is 0 Å². The van der Waals surface area contributed by atoms with Gasteiger partial charge in [0.1, 0.15) is 11.6 Å². The lowest BCUT2D eigenvalue weighted by Gasteiger charge is -2.35. The first-order valence-electron chi connectivity index (χ1n) is 19.2. The van der Waals surface area contributed by atoms with Gasteiger partial charge in [0.05, 0.1) is 22.2 Å². The van der Waals surface area contributed by atoms with Crippen LogP contribution in [0.25, 0.3) is 20.2 Å². The van der Waals surface area contributed by atoms with Gasteiger partial charge in [-0.3, -0.25) is 19.4 Å². The van der Waals surface area contributed by atoms with E-state index in [9.17, 15) is 9.59 Å². The van der Waals surface area contributed by atoms with Crippen LogP contribution in [0.4, 0.5) is 23.0 Å². The van der Waals surface area contributed by atoms with Gasteiger partial charge in [0.15, 0.2) is 0 Å². The summed E-state index contributed by atoms with van der Waals surface area (Å²) in [5.41, 5.74) is 6.11. The van der Waals surface area contributed by atoms with Gasteiger partial charge in [-0.25, -0.2) is 0 Å². The zero-order valence-electron chi connectivity index (χ0n) is 32.2. The molecule has 10 rings (SSSR count). The summed E-state index contributed by atoms with van der Waals surface area (Å²) in [5.74, 6) is 2.35. The second-order valence-corrected chi connectivity index (χ2v) is 17.2. The first kappa shape index (κ1) is 45.2. The van der Waals surface area contributed by atoms with E-state index >= 15 is 0 Å². The van der Waals surface area contributed by atoms with Crippen molar-refractivity contribution in [3.05, 3.63) is 105 Å². The molecule has 0 bridgehead atoms. The van der Waals surface area contributed by atoms with E-state index in [4.69, 9.17) is 23.2 Å². The number of carbonyl (C=O) groups is 2. The fourth-order valence-electron chi connectivity index (χ4n) is 8.11. The third-order valence-electron chi connectivity index (χ3n) is 11.2. The molecule has 0 atom stereocenters. The molecule has 2 aromatic heterocycles. The largest absolute Gasteiger partial charge is 0.412 e. The number of anilines is 4. The molecule has 59 heavy (non-hydrogen) atoms. The number of halogens is 4. The van der Waals surface area contributed by atoms with Crippen molar-refractivity contribution >= 4 is 135 Å². The van der Waals surface area contributed by atoms with Gasteiger partial charge in [0.2, 0.25) is 11.8 Å². The second kappa shape index (κ2) is 20.0. The molecule has 0 saturated carbocycles. The zero-order chi connectivity index (χ0) is 38.2. The molecule has 2 fully saturated rings. The number of carbonyl (C=O) groups excluding carboxylic acids is 2. The van der Waals surface area contributed by atoms with Crippen LogP contribution in [-0.2, 0) is 35.3 Å². The summed E-state index contributed by atoms with van der Waals surface area (Å²) in [6, 6.07) is 24.9. The maximum absolute atomic E-state index is 11.6. The number of hydrogen-bond donors (Lipinski definition) is 2. The summed E-state index contributed by atoms with van der Waals surface area (Å²) in [4.78, 5) is 32.9. The van der Waals surface area contributed by atoms with E-state index in [1.807, 2.05) is 12.1 Å². The number of benzene rings is 4. The van der Waals surface area contributed by atoms with E-state index in [1.54, 1.807) is 23.1 Å². The summed E-state index contributed by atoms with van der Waals surface area (Å²) in [6.45, 7) is 10.0. The number of amides is 2. The van der Waals surface area contributed by atoms with Crippen LogP contribution in [0.5, 0.6) is 0 Å². The van der Waals surface area contributed by atoms with Gasteiger partial charge >= 0.3 is 0 Å². The SMILES string of the molecule is Br.Br.O.O=C1Cc2cc(CCN3CCN(c4nsc5ccccc45)CC3)c(Cl)cc2N1.O=C1Cc2cc(CCN3CCN(c4nsc5ccccc45)CC3)c(Cl)cc2N1. The molecule has 6 heterocycles. The highest BCUT2D eigenvalue weighted by atomic mass is 79.9. The first-order chi connectivity index (χ1) is 27.3. The minimum absolute atomic E-state index is 0. The Balaban J connectivity index is 0.000000189. The fraction of sp³-hybridized carbons (Fsp3) is 0.333. The number of aromatic nitrogens is 2. The van der Waals surface area contributed by atoms with Gasteiger partial charge in [-0.1, -0.05) is 59.6 Å². The van der Waals surface area contributed by atoms with Crippen LogP contribution in [0, 0.1) is 0 Å². The second-order valence-electron chi connectivity index (χ2n) is 14.8. The van der Waals surface area contributed by atoms with Gasteiger partial charge in [-0.2, -0.15) is 8.75 Å². The van der Waals surface area contributed by atoms with Crippen molar-refractivity contribution in [1.82, 2.24) is 18.5 Å². The number of piperazine rings is 2. The summed E-state index contributed by atoms with van der Waals surface area (Å²) < 4.78 is 11.9. The molecule has 0 unspecified atom stereocenters. The topological polar surface area (TPSA) is 128 Å². The maximum atomic E-state index is 11.6. The Kier molecular flexibility index (Phi) is 15.3. The molecule has 4 aliphatic heterocycles. The lowest BCUT2D eigenvalue weighted by molar-refractivity contribution is -0.115. The predicted molar refractivity (Wildman–Crippen MR) is 256 cm³/mol. The normalized spacial score (nSPS) is 16.3. The molecular weight excluding hydrogens is 959 g/mol. The summed E-state index contributed by atoms with van der Waals surface area (Å²) >= 11 is 16.0. The highest BCUT2D eigenvalue weighted by molar-refractivity contribution is 8.93. The Morgan fingerprint density at radius 2 is 0.966 bits per heavy atom. The van der Waals surface area contributed by atoms with Crippen molar-refractivity contribution in [2.45, 2.75) is 25.7 Å². The molecule has 0 spiro atoms. The average molecular weight is 1010 g/mol. The van der Waals surface area contributed by atoms with Crippen molar-refractivity contribution in [2.75, 3.05) is 85.9 Å². The van der Waals surface area contributed by atoms with Crippen molar-refractivity contribution < 1.29 is 15.1 Å². The highest BCUT2D eigenvalue weighted by Gasteiger charge is 2.25. The van der Waals surface area contributed by atoms with Gasteiger partial charge in [0, 0.05) is 97.6 Å². The standard InChI is InChI=1S/2C21H21ClN4OS.2BrH.H2O/c2*22-17-13-18-15(12-20(27)23-18)11-14(17)5-6-25-7-9-26(10-8-25)21-16-3-1-2-4-19(16)28-24-21;;;/h2*1-4,11,13H,5-10,12H2,(H,23,27);2*1H;1H2. The number of rotatable bonds is 8. The van der Waals surface area contributed by atoms with Crippen LogP contribution in [0.1, 0.15) is 22.3 Å². The third-order valence-corrected chi connectivity index (χ3v) is 13.6. The molecule has 4 aromatic carbocycles. The third kappa shape index (κ3) is 10.1. The number of fused-ring (bicyclic) bond motifs is 4. The molecular formula is C42H46Br2Cl2N8O3S2. The van der Waals surface area contributed by atoms with Crippen LogP contribution in [0.15, 0.2) is 72.8 Å². The predicted octanol–water partition coefficient (Wildman–Crippen LogP) is 7.95. The molecule has 312 valence electrons. The number of nitrogens with zero attached hydrogens (tertiary/aromatic N) is 6. The Bertz CT molecular complexity index is 2270.